The highest BCUT2D eigenvalue weighted by Gasteiger charge is 2.14. The van der Waals surface area contributed by atoms with Crippen LogP contribution < -0.4 is 5.32 Å². The molecule has 2 rings (SSSR count). The van der Waals surface area contributed by atoms with Crippen molar-refractivity contribution in [2.75, 3.05) is 5.32 Å². The Hall–Kier alpha value is -1.98. The van der Waals surface area contributed by atoms with Gasteiger partial charge in [0, 0.05) is 13.2 Å². The van der Waals surface area contributed by atoms with Crippen molar-refractivity contribution in [2.45, 2.75) is 0 Å². The first-order chi connectivity index (χ1) is 9.38. The third-order valence-electron chi connectivity index (χ3n) is 2.67. The molecule has 0 atom stereocenters. The van der Waals surface area contributed by atoms with Gasteiger partial charge < -0.3 is 15.0 Å². The number of benzene rings is 1. The maximum atomic E-state index is 12.1. The van der Waals surface area contributed by atoms with Crippen molar-refractivity contribution in [2.24, 2.45) is 7.05 Å². The first-order valence-electron chi connectivity index (χ1n) is 5.54. The van der Waals surface area contributed by atoms with Gasteiger partial charge in [0.15, 0.2) is 0 Å². The zero-order valence-corrected chi connectivity index (χ0v) is 11.9. The molecule has 20 heavy (non-hydrogen) atoms. The van der Waals surface area contributed by atoms with E-state index in [1.165, 1.54) is 24.3 Å². The minimum Gasteiger partial charge on any atom is -0.478 e. The lowest BCUT2D eigenvalue weighted by Gasteiger charge is -2.08. The first-order valence-corrected chi connectivity index (χ1v) is 6.30. The van der Waals surface area contributed by atoms with Crippen LogP contribution in [0.4, 0.5) is 5.69 Å². The Kier molecular flexibility index (Phi) is 4.01. The fraction of sp³-hybridized carbons (Fsp3) is 0.0769. The van der Waals surface area contributed by atoms with Crippen LogP contribution in [0.2, 0.25) is 10.0 Å². The fourth-order valence-electron chi connectivity index (χ4n) is 1.69. The zero-order valence-electron chi connectivity index (χ0n) is 10.4. The van der Waals surface area contributed by atoms with Crippen molar-refractivity contribution >= 4 is 40.8 Å². The molecule has 0 bridgehead atoms. The molecule has 2 aromatic rings. The number of carboxylic acid groups (broad SMARTS) is 1. The molecule has 1 heterocycles. The van der Waals surface area contributed by atoms with E-state index in [9.17, 15) is 9.59 Å². The normalized spacial score (nSPS) is 10.3. The van der Waals surface area contributed by atoms with E-state index < -0.39 is 11.9 Å². The highest BCUT2D eigenvalue weighted by Crippen LogP contribution is 2.24. The molecule has 0 saturated carbocycles. The Morgan fingerprint density at radius 3 is 2.50 bits per heavy atom. The summed E-state index contributed by atoms with van der Waals surface area (Å²) in [6.45, 7) is 0. The summed E-state index contributed by atoms with van der Waals surface area (Å²) in [6, 6.07) is 5.58. The van der Waals surface area contributed by atoms with E-state index in [2.05, 4.69) is 5.32 Å². The quantitative estimate of drug-likeness (QED) is 0.913. The summed E-state index contributed by atoms with van der Waals surface area (Å²) in [5, 5.41) is 12.2. The van der Waals surface area contributed by atoms with Gasteiger partial charge in [-0.25, -0.2) is 4.79 Å². The number of aromatic carboxylic acids is 1. The summed E-state index contributed by atoms with van der Waals surface area (Å²) in [6.07, 6.45) is 1.59. The van der Waals surface area contributed by atoms with Gasteiger partial charge in [-0.3, -0.25) is 4.79 Å². The van der Waals surface area contributed by atoms with Crippen molar-refractivity contribution in [1.82, 2.24) is 4.57 Å². The van der Waals surface area contributed by atoms with E-state index in [1.54, 1.807) is 17.8 Å². The van der Waals surface area contributed by atoms with Crippen molar-refractivity contribution in [3.8, 4) is 0 Å². The van der Waals surface area contributed by atoms with Gasteiger partial charge in [-0.1, -0.05) is 23.2 Å². The molecule has 104 valence electrons. The van der Waals surface area contributed by atoms with E-state index in [4.69, 9.17) is 28.3 Å². The number of carbonyl (C=O) groups is 2. The maximum absolute atomic E-state index is 12.1. The Morgan fingerprint density at radius 2 is 1.95 bits per heavy atom. The molecule has 1 aromatic heterocycles. The largest absolute Gasteiger partial charge is 0.478 e. The minimum absolute atomic E-state index is 0.0367. The van der Waals surface area contributed by atoms with Gasteiger partial charge in [0.05, 0.1) is 21.3 Å². The summed E-state index contributed by atoms with van der Waals surface area (Å²) >= 11 is 11.7. The molecule has 0 radical (unpaired) electrons. The van der Waals surface area contributed by atoms with Crippen molar-refractivity contribution < 1.29 is 14.7 Å². The number of carboxylic acids is 1. The van der Waals surface area contributed by atoms with E-state index in [1.807, 2.05) is 0 Å². The second-order valence-electron chi connectivity index (χ2n) is 4.11. The van der Waals surface area contributed by atoms with Crippen molar-refractivity contribution in [1.29, 1.82) is 0 Å². The van der Waals surface area contributed by atoms with Crippen LogP contribution in [-0.4, -0.2) is 21.6 Å². The number of hydrogen-bond donors (Lipinski definition) is 2. The molecule has 1 aromatic carbocycles. The summed E-state index contributed by atoms with van der Waals surface area (Å²) in [7, 11) is 1.68. The Balaban J connectivity index is 2.30. The standard InChI is InChI=1S/C13H10Cl2N2O3/c1-17-6-8(14)5-11(17)12(18)16-10-4-7(13(19)20)2-3-9(10)15/h2-6H,1H3,(H,16,18)(H,19,20). The molecule has 1 amide bonds. The molecule has 5 nitrogen and oxygen atoms in total. The Morgan fingerprint density at radius 1 is 1.25 bits per heavy atom. The number of amides is 1. The van der Waals surface area contributed by atoms with Crippen molar-refractivity contribution in [3.05, 3.63) is 51.8 Å². The van der Waals surface area contributed by atoms with Gasteiger partial charge in [-0.15, -0.1) is 0 Å². The predicted molar refractivity (Wildman–Crippen MR) is 76.8 cm³/mol. The number of anilines is 1. The molecule has 0 aliphatic rings. The van der Waals surface area contributed by atoms with Crippen molar-refractivity contribution in [3.63, 3.8) is 0 Å². The summed E-state index contributed by atoms with van der Waals surface area (Å²) in [5.74, 6) is -1.53. The van der Waals surface area contributed by atoms with Crippen LogP contribution >= 0.6 is 23.2 Å². The average Bonchev–Trinajstić information content (AvgIpc) is 2.71. The SMILES string of the molecule is Cn1cc(Cl)cc1C(=O)Nc1cc(C(=O)O)ccc1Cl. The van der Waals surface area contributed by atoms with Gasteiger partial charge in [0.1, 0.15) is 5.69 Å². The second-order valence-corrected chi connectivity index (χ2v) is 4.95. The van der Waals surface area contributed by atoms with Gasteiger partial charge in [-0.05, 0) is 24.3 Å². The number of nitrogens with zero attached hydrogens (tertiary/aromatic N) is 1. The number of hydrogen-bond acceptors (Lipinski definition) is 2. The third kappa shape index (κ3) is 2.95. The highest BCUT2D eigenvalue weighted by molar-refractivity contribution is 6.34. The van der Waals surface area contributed by atoms with Crippen LogP contribution in [0.25, 0.3) is 0 Å². The monoisotopic (exact) mass is 312 g/mol. The number of carbonyl (C=O) groups excluding carboxylic acids is 1. The lowest BCUT2D eigenvalue weighted by atomic mass is 10.2. The number of nitrogens with one attached hydrogen (secondary N) is 1. The average molecular weight is 313 g/mol. The van der Waals surface area contributed by atoms with Gasteiger partial charge >= 0.3 is 5.97 Å². The zero-order chi connectivity index (χ0) is 14.9. The molecule has 0 unspecified atom stereocenters. The molecule has 7 heteroatoms. The van der Waals surface area contributed by atoms with Gasteiger partial charge in [0.25, 0.3) is 5.91 Å². The van der Waals surface area contributed by atoms with E-state index in [-0.39, 0.29) is 16.3 Å². The van der Waals surface area contributed by atoms with E-state index in [0.29, 0.717) is 10.7 Å². The van der Waals surface area contributed by atoms with Gasteiger partial charge in [0.2, 0.25) is 0 Å². The number of rotatable bonds is 3. The molecule has 0 saturated heterocycles. The lowest BCUT2D eigenvalue weighted by Crippen LogP contribution is -2.16. The van der Waals surface area contributed by atoms with Crippen LogP contribution in [0.5, 0.6) is 0 Å². The number of aryl methyl sites for hydroxylation is 1. The number of aromatic nitrogens is 1. The molecular weight excluding hydrogens is 303 g/mol. The highest BCUT2D eigenvalue weighted by atomic mass is 35.5. The summed E-state index contributed by atoms with van der Waals surface area (Å²) < 4.78 is 1.56. The van der Waals surface area contributed by atoms with Crippen LogP contribution in [-0.2, 0) is 7.05 Å². The van der Waals surface area contributed by atoms with E-state index >= 15 is 0 Å². The number of halogens is 2. The Labute approximate surface area is 124 Å². The second kappa shape index (κ2) is 5.56. The van der Waals surface area contributed by atoms with Crippen LogP contribution in [0.1, 0.15) is 20.8 Å². The molecule has 0 aliphatic carbocycles. The van der Waals surface area contributed by atoms with Gasteiger partial charge in [-0.2, -0.15) is 0 Å². The summed E-state index contributed by atoms with van der Waals surface area (Å²) in [5.41, 5.74) is 0.607. The van der Waals surface area contributed by atoms with E-state index in [0.717, 1.165) is 0 Å². The minimum atomic E-state index is -1.10. The van der Waals surface area contributed by atoms with Crippen LogP contribution in [0.3, 0.4) is 0 Å². The maximum Gasteiger partial charge on any atom is 0.335 e. The molecular formula is C13H10Cl2N2O3. The van der Waals surface area contributed by atoms with Crippen LogP contribution in [0, 0.1) is 0 Å². The summed E-state index contributed by atoms with van der Waals surface area (Å²) in [4.78, 5) is 23.0. The smallest absolute Gasteiger partial charge is 0.335 e. The Bertz CT molecular complexity index is 695. The molecule has 0 fully saturated rings. The molecule has 0 spiro atoms. The lowest BCUT2D eigenvalue weighted by molar-refractivity contribution is 0.0696. The predicted octanol–water partition coefficient (Wildman–Crippen LogP) is 3.28. The molecule has 2 N–H and O–H groups in total. The fourth-order valence-corrected chi connectivity index (χ4v) is 2.10. The third-order valence-corrected chi connectivity index (χ3v) is 3.20. The van der Waals surface area contributed by atoms with Crippen LogP contribution in [0.15, 0.2) is 30.5 Å². The topological polar surface area (TPSA) is 71.3 Å². The molecule has 0 aliphatic heterocycles. The first kappa shape index (κ1) is 14.4.